The maximum absolute atomic E-state index is 6.38. The molecule has 0 amide bonds. The molecule has 10 aromatic carbocycles. The second-order valence-corrected chi connectivity index (χ2v) is 20.3. The number of hydrogen-bond donors (Lipinski definition) is 0. The number of oxazole rings is 1. The third-order valence-corrected chi connectivity index (χ3v) is 16.9. The minimum absolute atomic E-state index is 0.630. The van der Waals surface area contributed by atoms with Crippen LogP contribution >= 0.6 is 11.3 Å². The summed E-state index contributed by atoms with van der Waals surface area (Å²) in [6, 6.07) is 59.5. The number of fused-ring (bicyclic) bond motifs is 7. The van der Waals surface area contributed by atoms with Crippen LogP contribution in [0.25, 0.3) is 97.7 Å². The molecule has 0 bridgehead atoms. The van der Waals surface area contributed by atoms with Crippen LogP contribution < -0.4 is 54.1 Å². The summed E-state index contributed by atoms with van der Waals surface area (Å²) in [6.45, 7) is 0. The van der Waals surface area contributed by atoms with E-state index >= 15 is 0 Å². The van der Waals surface area contributed by atoms with E-state index in [2.05, 4.69) is 215 Å². The molecule has 12 rings (SSSR count). The van der Waals surface area contributed by atoms with Crippen molar-refractivity contribution >= 4 is 201 Å². The predicted molar refractivity (Wildman–Crippen MR) is 332 cm³/mol. The van der Waals surface area contributed by atoms with Crippen LogP contribution in [0.3, 0.4) is 0 Å². The lowest BCUT2D eigenvalue weighted by Crippen LogP contribution is -2.57. The van der Waals surface area contributed by atoms with Crippen LogP contribution in [0.2, 0.25) is 0 Å². The number of aromatic nitrogens is 1. The second-order valence-electron chi connectivity index (χ2n) is 19.3. The van der Waals surface area contributed by atoms with Gasteiger partial charge in [-0.1, -0.05) is 148 Å². The van der Waals surface area contributed by atoms with Gasteiger partial charge in [0.2, 0.25) is 5.89 Å². The molecule has 2 heterocycles. The van der Waals surface area contributed by atoms with E-state index in [0.717, 1.165) is 38.8 Å². The maximum Gasteiger partial charge on any atom is 0.227 e. The van der Waals surface area contributed by atoms with Gasteiger partial charge >= 0.3 is 0 Å². The van der Waals surface area contributed by atoms with E-state index in [-0.39, 0.29) is 0 Å². The second kappa shape index (κ2) is 17.0. The van der Waals surface area contributed by atoms with E-state index in [4.69, 9.17) is 9.40 Å². The summed E-state index contributed by atoms with van der Waals surface area (Å²) in [6.07, 6.45) is 0. The van der Waals surface area contributed by atoms with Crippen molar-refractivity contribution in [1.82, 2.24) is 4.98 Å². The van der Waals surface area contributed by atoms with Gasteiger partial charge in [-0.05, 0) is 97.9 Å². The van der Waals surface area contributed by atoms with Gasteiger partial charge in [0.1, 0.15) is 76.1 Å². The average Bonchev–Trinajstić information content (AvgIpc) is 4.01. The van der Waals surface area contributed by atoms with Crippen LogP contribution in [0.15, 0.2) is 168 Å². The van der Waals surface area contributed by atoms with Crippen molar-refractivity contribution in [3.8, 4) is 44.8 Å². The molecule has 12 aromatic rings. The lowest BCUT2D eigenvalue weighted by Gasteiger charge is -2.33. The number of thiophene rings is 1. The van der Waals surface area contributed by atoms with Crippen LogP contribution in [-0.2, 0) is 0 Å². The summed E-state index contributed by atoms with van der Waals surface area (Å²) in [5.41, 5.74) is 25.8. The van der Waals surface area contributed by atoms with Gasteiger partial charge in [-0.15, -0.1) is 27.7 Å². The molecular weight excluding hydrogens is 858 g/mol. The molecule has 0 unspecified atom stereocenters. The van der Waals surface area contributed by atoms with Gasteiger partial charge in [0.05, 0.1) is 0 Å². The number of benzene rings is 10. The van der Waals surface area contributed by atoms with E-state index in [1.165, 1.54) is 119 Å². The summed E-state index contributed by atoms with van der Waals surface area (Å²) in [4.78, 5) is 7.42. The lowest BCUT2D eigenvalue weighted by atomic mass is 9.56. The van der Waals surface area contributed by atoms with E-state index in [9.17, 15) is 0 Å². The van der Waals surface area contributed by atoms with Crippen LogP contribution in [0.1, 0.15) is 0 Å². The Hall–Kier alpha value is -7.21. The molecule has 0 aliphatic rings. The Balaban J connectivity index is 1.07. The van der Waals surface area contributed by atoms with Crippen molar-refractivity contribution in [2.45, 2.75) is 0 Å². The summed E-state index contributed by atoms with van der Waals surface area (Å²) >= 11 is 1.89. The van der Waals surface area contributed by atoms with Crippen molar-refractivity contribution in [1.29, 1.82) is 0 Å². The molecule has 3 nitrogen and oxygen atoms in total. The minimum atomic E-state index is 0.630. The fourth-order valence-electron chi connectivity index (χ4n) is 11.5. The van der Waals surface area contributed by atoms with Gasteiger partial charge in [0.15, 0.2) is 5.58 Å². The zero-order valence-electron chi connectivity index (χ0n) is 41.3. The Morgan fingerprint density at radius 1 is 0.400 bits per heavy atom. The number of hydrogen-bond acceptors (Lipinski definition) is 4. The van der Waals surface area contributed by atoms with Gasteiger partial charge < -0.3 is 9.32 Å². The molecule has 0 spiro atoms. The van der Waals surface area contributed by atoms with E-state index in [0.29, 0.717) is 5.89 Å². The van der Waals surface area contributed by atoms with E-state index < -0.39 is 0 Å². The minimum Gasteiger partial charge on any atom is -0.436 e. The van der Waals surface area contributed by atoms with Crippen molar-refractivity contribution < 1.29 is 4.42 Å². The van der Waals surface area contributed by atoms with E-state index in [1.807, 2.05) is 35.6 Å². The van der Waals surface area contributed by atoms with Crippen molar-refractivity contribution in [2.75, 3.05) is 4.90 Å². The Morgan fingerprint density at radius 2 is 0.943 bits per heavy atom. The third kappa shape index (κ3) is 6.80. The fourth-order valence-corrected chi connectivity index (χ4v) is 12.8. The normalized spacial score (nSPS) is 11.7. The molecule has 0 aliphatic carbocycles. The standard InChI is InChI=1S/C57H45B9N2OS/c58-46-44(47(59)51(63)52(64)50(46)62)45-48(60)53(65)55(54(66)49(45)61)68(30-11-2-1-3-12-30)31-21-18-29(19-22-31)42-36(24-26-38-43-32-13-5-4-10-28(32)20-27-41(43)70-56(38)42)35-23-25-37(34-15-7-6-14-33(34)35)57-67-39-16-8-9-17-40(39)69-57/h1-27H,58-66H2. The summed E-state index contributed by atoms with van der Waals surface area (Å²) in [7, 11) is 20.8. The lowest BCUT2D eigenvalue weighted by molar-refractivity contribution is 0.620. The van der Waals surface area contributed by atoms with Crippen LogP contribution in [0.5, 0.6) is 0 Å². The summed E-state index contributed by atoms with van der Waals surface area (Å²) in [5.74, 6) is 0.630. The molecule has 322 valence electrons. The van der Waals surface area contributed by atoms with Crippen molar-refractivity contribution in [3.63, 3.8) is 0 Å². The SMILES string of the molecule is Bc1c(B)c(B)c(-c2c(B)c(B)c(N(c3ccccc3)c3ccc(-c4c(-c5ccc(-c6nc7ccccc7o6)c6ccccc56)ccc5c4sc4ccc6ccccc6c45)cc3)c(B)c2B)c(B)c1B. The number of rotatable bonds is 7. The monoisotopic (exact) mass is 904 g/mol. The molecule has 0 radical (unpaired) electrons. The molecule has 13 heteroatoms. The number of nitrogens with zero attached hydrogens (tertiary/aromatic N) is 2. The molecule has 0 saturated carbocycles. The van der Waals surface area contributed by atoms with Gasteiger partial charge in [0, 0.05) is 48.4 Å². The van der Waals surface area contributed by atoms with Gasteiger partial charge in [-0.3, -0.25) is 0 Å². The zero-order chi connectivity index (χ0) is 48.1. The number of anilines is 3. The molecule has 0 aliphatic heterocycles. The Kier molecular flexibility index (Phi) is 10.7. The first-order valence-corrected chi connectivity index (χ1v) is 25.2. The van der Waals surface area contributed by atoms with Crippen LogP contribution in [-0.4, -0.2) is 75.6 Å². The van der Waals surface area contributed by atoms with Gasteiger partial charge in [0.25, 0.3) is 0 Å². The zero-order valence-corrected chi connectivity index (χ0v) is 42.1. The Labute approximate surface area is 421 Å². The molecule has 0 fully saturated rings. The molecule has 0 N–H and O–H groups in total. The fraction of sp³-hybridized carbons (Fsp3) is 0. The first-order chi connectivity index (χ1) is 34.0. The molecule has 0 atom stereocenters. The first-order valence-electron chi connectivity index (χ1n) is 24.4. The molecule has 0 saturated heterocycles. The van der Waals surface area contributed by atoms with Crippen molar-refractivity contribution in [3.05, 3.63) is 164 Å². The smallest absolute Gasteiger partial charge is 0.227 e. The van der Waals surface area contributed by atoms with Crippen LogP contribution in [0.4, 0.5) is 17.1 Å². The van der Waals surface area contributed by atoms with Crippen molar-refractivity contribution in [2.24, 2.45) is 0 Å². The van der Waals surface area contributed by atoms with Crippen LogP contribution in [0, 0.1) is 0 Å². The molecular formula is C57H45B9N2OS. The molecule has 2 aromatic heterocycles. The largest absolute Gasteiger partial charge is 0.436 e. The molecule has 70 heavy (non-hydrogen) atoms. The highest BCUT2D eigenvalue weighted by molar-refractivity contribution is 7.26. The quantitative estimate of drug-likeness (QED) is 0.224. The highest BCUT2D eigenvalue weighted by atomic mass is 32.1. The highest BCUT2D eigenvalue weighted by Gasteiger charge is 2.26. The number of para-hydroxylation sites is 3. The third-order valence-electron chi connectivity index (χ3n) is 15.8. The summed E-state index contributed by atoms with van der Waals surface area (Å²) in [5, 5.41) is 7.39. The Bertz CT molecular complexity index is 4040. The highest BCUT2D eigenvalue weighted by Crippen LogP contribution is 2.49. The van der Waals surface area contributed by atoms with Gasteiger partial charge in [-0.25, -0.2) is 4.98 Å². The van der Waals surface area contributed by atoms with E-state index in [1.54, 1.807) is 0 Å². The summed E-state index contributed by atoms with van der Waals surface area (Å²) < 4.78 is 8.95. The topological polar surface area (TPSA) is 29.3 Å². The maximum atomic E-state index is 6.38. The Morgan fingerprint density at radius 3 is 1.63 bits per heavy atom. The predicted octanol–water partition coefficient (Wildman–Crippen LogP) is 0.966. The van der Waals surface area contributed by atoms with Gasteiger partial charge in [-0.2, -0.15) is 0 Å². The first kappa shape index (κ1) is 44.0. The average molecular weight is 903 g/mol.